The normalized spacial score (nSPS) is 23.8. The van der Waals surface area contributed by atoms with E-state index in [0.717, 1.165) is 0 Å². The SMILES string of the molecule is Cc1cc(C)c2c(C)cc3[n+](c2c1)C1(C)CC1(C)c1c-3cc(C(C)(C)C)c2ccccc12. The van der Waals surface area contributed by atoms with Crippen molar-refractivity contribution in [1.82, 2.24) is 0 Å². The molecule has 4 aromatic rings. The second-order valence-electron chi connectivity index (χ2n) is 11.9. The molecule has 162 valence electrons. The zero-order chi connectivity index (χ0) is 22.8. The Morgan fingerprint density at radius 2 is 1.50 bits per heavy atom. The number of hydrogen-bond donors (Lipinski definition) is 0. The fourth-order valence-corrected chi connectivity index (χ4v) is 6.96. The first-order valence-corrected chi connectivity index (χ1v) is 12.0. The van der Waals surface area contributed by atoms with Crippen LogP contribution in [0.15, 0.2) is 48.5 Å². The van der Waals surface area contributed by atoms with Crippen molar-refractivity contribution >= 4 is 21.7 Å². The predicted molar refractivity (Wildman–Crippen MR) is 136 cm³/mol. The maximum atomic E-state index is 2.71. The monoisotopic (exact) mass is 420 g/mol. The summed E-state index contributed by atoms with van der Waals surface area (Å²) in [7, 11) is 0. The topological polar surface area (TPSA) is 3.88 Å². The number of pyridine rings is 1. The first-order chi connectivity index (χ1) is 15.0. The summed E-state index contributed by atoms with van der Waals surface area (Å²) in [5.74, 6) is 0. The molecule has 2 unspecified atom stereocenters. The maximum absolute atomic E-state index is 2.71. The van der Waals surface area contributed by atoms with Crippen molar-refractivity contribution in [3.8, 4) is 11.3 Å². The fourth-order valence-electron chi connectivity index (χ4n) is 6.96. The second kappa shape index (κ2) is 5.81. The van der Waals surface area contributed by atoms with Crippen LogP contribution in [0.5, 0.6) is 0 Å². The van der Waals surface area contributed by atoms with Gasteiger partial charge in [-0.05, 0) is 77.8 Å². The Kier molecular flexibility index (Phi) is 3.63. The van der Waals surface area contributed by atoms with Gasteiger partial charge in [0.2, 0.25) is 11.2 Å². The Hall–Kier alpha value is -2.67. The molecule has 32 heavy (non-hydrogen) atoms. The molecule has 1 aliphatic heterocycles. The molecule has 1 saturated carbocycles. The number of benzene rings is 3. The summed E-state index contributed by atoms with van der Waals surface area (Å²) in [5, 5.41) is 4.30. The lowest BCUT2D eigenvalue weighted by molar-refractivity contribution is -0.707. The Balaban J connectivity index is 1.85. The van der Waals surface area contributed by atoms with Gasteiger partial charge in [0.25, 0.3) is 0 Å². The van der Waals surface area contributed by atoms with Crippen LogP contribution in [-0.4, -0.2) is 0 Å². The number of fused-ring (bicyclic) bond motifs is 10. The summed E-state index contributed by atoms with van der Waals surface area (Å²) in [4.78, 5) is 0. The van der Waals surface area contributed by atoms with Crippen LogP contribution in [0.25, 0.3) is 32.9 Å². The minimum atomic E-state index is 0.0870. The molecule has 0 amide bonds. The molecule has 1 aliphatic carbocycles. The van der Waals surface area contributed by atoms with E-state index < -0.39 is 0 Å². The van der Waals surface area contributed by atoms with Gasteiger partial charge in [-0.25, -0.2) is 0 Å². The van der Waals surface area contributed by atoms with Crippen molar-refractivity contribution in [2.24, 2.45) is 0 Å². The summed E-state index contributed by atoms with van der Waals surface area (Å²) in [6.45, 7) is 18.8. The highest BCUT2D eigenvalue weighted by Crippen LogP contribution is 2.66. The van der Waals surface area contributed by atoms with Gasteiger partial charge in [0.15, 0.2) is 5.54 Å². The van der Waals surface area contributed by atoms with Crippen LogP contribution in [0, 0.1) is 20.8 Å². The summed E-state index contributed by atoms with van der Waals surface area (Å²) in [5.41, 5.74) is 11.7. The lowest BCUT2D eigenvalue weighted by Crippen LogP contribution is -2.53. The van der Waals surface area contributed by atoms with E-state index in [9.17, 15) is 0 Å². The van der Waals surface area contributed by atoms with Crippen LogP contribution in [0.3, 0.4) is 0 Å². The van der Waals surface area contributed by atoms with Gasteiger partial charge in [0.1, 0.15) is 0 Å². The van der Waals surface area contributed by atoms with Gasteiger partial charge < -0.3 is 0 Å². The summed E-state index contributed by atoms with van der Waals surface area (Å²) in [6.07, 6.45) is 1.19. The molecule has 0 spiro atoms. The molecular weight excluding hydrogens is 386 g/mol. The van der Waals surface area contributed by atoms with E-state index in [1.807, 2.05) is 0 Å². The zero-order valence-corrected chi connectivity index (χ0v) is 20.8. The van der Waals surface area contributed by atoms with Gasteiger partial charge in [-0.1, -0.05) is 51.1 Å². The molecule has 1 heteroatoms. The first-order valence-electron chi connectivity index (χ1n) is 12.0. The van der Waals surface area contributed by atoms with E-state index in [1.54, 1.807) is 5.56 Å². The van der Waals surface area contributed by atoms with Gasteiger partial charge in [-0.3, -0.25) is 0 Å². The van der Waals surface area contributed by atoms with Crippen LogP contribution >= 0.6 is 0 Å². The van der Waals surface area contributed by atoms with Gasteiger partial charge in [-0.15, -0.1) is 0 Å². The molecule has 3 aromatic carbocycles. The van der Waals surface area contributed by atoms with Crippen LogP contribution in [0.1, 0.15) is 68.9 Å². The Bertz CT molecular complexity index is 1480. The summed E-state index contributed by atoms with van der Waals surface area (Å²) < 4.78 is 2.71. The molecule has 2 atom stereocenters. The van der Waals surface area contributed by atoms with E-state index in [-0.39, 0.29) is 16.4 Å². The Morgan fingerprint density at radius 1 is 0.844 bits per heavy atom. The van der Waals surface area contributed by atoms with Gasteiger partial charge in [0, 0.05) is 25.5 Å². The first kappa shape index (κ1) is 20.0. The number of aryl methyl sites for hydroxylation is 3. The number of hydrogen-bond acceptors (Lipinski definition) is 0. The van der Waals surface area contributed by atoms with Crippen molar-refractivity contribution in [2.45, 2.75) is 78.2 Å². The van der Waals surface area contributed by atoms with Crippen molar-refractivity contribution in [3.05, 3.63) is 76.3 Å². The maximum Gasteiger partial charge on any atom is 0.214 e. The Morgan fingerprint density at radius 3 is 2.19 bits per heavy atom. The lowest BCUT2D eigenvalue weighted by atomic mass is 9.75. The van der Waals surface area contributed by atoms with Crippen molar-refractivity contribution in [2.75, 3.05) is 0 Å². The average Bonchev–Trinajstić information content (AvgIpc) is 3.28. The lowest BCUT2D eigenvalue weighted by Gasteiger charge is -2.31. The predicted octanol–water partition coefficient (Wildman–Crippen LogP) is 7.56. The molecule has 6 rings (SSSR count). The summed E-state index contributed by atoms with van der Waals surface area (Å²) in [6, 6.07) is 18.9. The van der Waals surface area contributed by atoms with Gasteiger partial charge in [-0.2, -0.15) is 4.57 Å². The van der Waals surface area contributed by atoms with Gasteiger partial charge in [0.05, 0.1) is 16.4 Å². The van der Waals surface area contributed by atoms with E-state index in [0.29, 0.717) is 0 Å². The van der Waals surface area contributed by atoms with E-state index >= 15 is 0 Å². The zero-order valence-electron chi connectivity index (χ0n) is 20.8. The van der Waals surface area contributed by atoms with Crippen LogP contribution in [0.2, 0.25) is 0 Å². The van der Waals surface area contributed by atoms with E-state index in [4.69, 9.17) is 0 Å². The molecule has 2 aliphatic rings. The number of aromatic nitrogens is 1. The third-order valence-corrected chi connectivity index (χ3v) is 8.62. The molecule has 0 N–H and O–H groups in total. The second-order valence-corrected chi connectivity index (χ2v) is 11.9. The van der Waals surface area contributed by atoms with E-state index in [1.165, 1.54) is 61.6 Å². The standard InChI is InChI=1S/C31H34N/c1-18-13-19(2)27-20(3)15-25-23-16-24(29(4,5)6)21-11-9-10-12-22(21)28(23)30(7)17-31(30,8)32(25)26(27)14-18/h9-16H,17H2,1-8H3/q+1. The Labute approximate surface area is 192 Å². The highest BCUT2D eigenvalue weighted by Gasteiger charge is 2.74. The third kappa shape index (κ3) is 2.27. The third-order valence-electron chi connectivity index (χ3n) is 8.62. The average molecular weight is 421 g/mol. The minimum absolute atomic E-state index is 0.0870. The quantitative estimate of drug-likeness (QED) is 0.258. The highest BCUT2D eigenvalue weighted by molar-refractivity contribution is 5.97. The molecule has 0 saturated heterocycles. The van der Waals surface area contributed by atoms with Crippen LogP contribution in [0.4, 0.5) is 0 Å². The molecule has 1 fully saturated rings. The molecular formula is C31H34N+. The highest BCUT2D eigenvalue weighted by atomic mass is 15.2. The van der Waals surface area contributed by atoms with Crippen molar-refractivity contribution in [1.29, 1.82) is 0 Å². The smallest absolute Gasteiger partial charge is 0.185 e. The summed E-state index contributed by atoms with van der Waals surface area (Å²) >= 11 is 0. The van der Waals surface area contributed by atoms with Crippen LogP contribution < -0.4 is 4.57 Å². The minimum Gasteiger partial charge on any atom is -0.185 e. The van der Waals surface area contributed by atoms with Crippen molar-refractivity contribution in [3.63, 3.8) is 0 Å². The van der Waals surface area contributed by atoms with Crippen LogP contribution in [-0.2, 0) is 16.4 Å². The molecule has 0 radical (unpaired) electrons. The molecule has 0 bridgehead atoms. The number of nitrogens with zero attached hydrogens (tertiary/aromatic N) is 1. The largest absolute Gasteiger partial charge is 0.214 e. The van der Waals surface area contributed by atoms with E-state index in [2.05, 4.69) is 108 Å². The molecule has 1 aromatic heterocycles. The number of rotatable bonds is 0. The van der Waals surface area contributed by atoms with Gasteiger partial charge >= 0.3 is 0 Å². The van der Waals surface area contributed by atoms with Crippen molar-refractivity contribution < 1.29 is 4.57 Å². The molecule has 1 nitrogen and oxygen atoms in total. The molecule has 2 heterocycles. The fraction of sp³-hybridized carbons (Fsp3) is 0.387.